The zero-order chi connectivity index (χ0) is 14.4. The zero-order valence-corrected chi connectivity index (χ0v) is 11.4. The van der Waals surface area contributed by atoms with Gasteiger partial charge < -0.3 is 5.73 Å². The Labute approximate surface area is 117 Å². The van der Waals surface area contributed by atoms with Crippen LogP contribution >= 0.6 is 0 Å². The van der Waals surface area contributed by atoms with E-state index in [1.807, 2.05) is 24.3 Å². The van der Waals surface area contributed by atoms with Crippen LogP contribution in [-0.4, -0.2) is 25.2 Å². The number of nitrogens with one attached hydrogen (secondary N) is 2. The van der Waals surface area contributed by atoms with Crippen LogP contribution in [0.15, 0.2) is 41.6 Å². The first-order valence-electron chi connectivity index (χ1n) is 5.89. The molecular formula is C13H14N4O2S. The summed E-state index contributed by atoms with van der Waals surface area (Å²) in [5, 5.41) is 6.07. The summed E-state index contributed by atoms with van der Waals surface area (Å²) in [6.07, 6.45) is 1.39. The molecule has 0 saturated carbocycles. The van der Waals surface area contributed by atoms with E-state index in [2.05, 4.69) is 26.8 Å². The van der Waals surface area contributed by atoms with Crippen LogP contribution in [0, 0.1) is 11.8 Å². The van der Waals surface area contributed by atoms with Gasteiger partial charge in [-0.05, 0) is 23.8 Å². The van der Waals surface area contributed by atoms with Gasteiger partial charge in [-0.15, -0.1) is 0 Å². The molecule has 0 aliphatic carbocycles. The number of nitrogens with zero attached hydrogens (tertiary/aromatic N) is 1. The molecule has 1 heterocycles. The highest BCUT2D eigenvalue weighted by atomic mass is 32.2. The fourth-order valence-electron chi connectivity index (χ4n) is 1.51. The van der Waals surface area contributed by atoms with Crippen molar-refractivity contribution in [1.82, 2.24) is 14.9 Å². The standard InChI is InChI=1S/C13H14N4O2S/c14-8-1-2-11-3-5-12(6-4-11)10-16-20(18,19)13-7-9-15-17-13/h3-7,9,16H,8,10,14H2,(H,15,17). The quantitative estimate of drug-likeness (QED) is 0.700. The SMILES string of the molecule is NCC#Cc1ccc(CNS(=O)(=O)c2ccn[nH]2)cc1. The molecule has 0 saturated heterocycles. The highest BCUT2D eigenvalue weighted by Gasteiger charge is 2.14. The van der Waals surface area contributed by atoms with Gasteiger partial charge in [0.05, 0.1) is 12.7 Å². The van der Waals surface area contributed by atoms with Crippen molar-refractivity contribution in [3.8, 4) is 11.8 Å². The van der Waals surface area contributed by atoms with E-state index >= 15 is 0 Å². The van der Waals surface area contributed by atoms with Gasteiger partial charge in [-0.1, -0.05) is 24.0 Å². The van der Waals surface area contributed by atoms with Crippen LogP contribution in [0.4, 0.5) is 0 Å². The highest BCUT2D eigenvalue weighted by Crippen LogP contribution is 2.06. The molecule has 20 heavy (non-hydrogen) atoms. The van der Waals surface area contributed by atoms with Crippen LogP contribution in [0.3, 0.4) is 0 Å². The average Bonchev–Trinajstić information content (AvgIpc) is 2.99. The Hall–Kier alpha value is -2.14. The Bertz CT molecular complexity index is 710. The molecule has 1 aromatic carbocycles. The van der Waals surface area contributed by atoms with Gasteiger partial charge in [0.25, 0.3) is 10.0 Å². The number of hydrogen-bond acceptors (Lipinski definition) is 4. The summed E-state index contributed by atoms with van der Waals surface area (Å²) < 4.78 is 26.2. The molecule has 0 spiro atoms. The minimum atomic E-state index is -3.55. The van der Waals surface area contributed by atoms with Crippen molar-refractivity contribution in [2.45, 2.75) is 11.6 Å². The lowest BCUT2D eigenvalue weighted by molar-refractivity contribution is 0.577. The summed E-state index contributed by atoms with van der Waals surface area (Å²) in [5.74, 6) is 5.65. The second-order valence-electron chi connectivity index (χ2n) is 3.95. The monoisotopic (exact) mass is 290 g/mol. The van der Waals surface area contributed by atoms with Crippen LogP contribution < -0.4 is 10.5 Å². The summed E-state index contributed by atoms with van der Waals surface area (Å²) in [6, 6.07) is 8.67. The Morgan fingerprint density at radius 3 is 2.60 bits per heavy atom. The van der Waals surface area contributed by atoms with Gasteiger partial charge in [0, 0.05) is 12.1 Å². The Morgan fingerprint density at radius 1 is 1.25 bits per heavy atom. The van der Waals surface area contributed by atoms with Crippen molar-refractivity contribution in [3.63, 3.8) is 0 Å². The Balaban J connectivity index is 2.01. The molecule has 1 aromatic heterocycles. The summed E-state index contributed by atoms with van der Waals surface area (Å²) in [5.41, 5.74) is 6.97. The van der Waals surface area contributed by atoms with Gasteiger partial charge in [-0.3, -0.25) is 5.10 Å². The van der Waals surface area contributed by atoms with E-state index in [4.69, 9.17) is 5.73 Å². The van der Waals surface area contributed by atoms with Gasteiger partial charge in [-0.25, -0.2) is 13.1 Å². The zero-order valence-electron chi connectivity index (χ0n) is 10.6. The van der Waals surface area contributed by atoms with Gasteiger partial charge >= 0.3 is 0 Å². The number of aromatic amines is 1. The van der Waals surface area contributed by atoms with E-state index in [1.165, 1.54) is 12.3 Å². The Kier molecular flexibility index (Phi) is 4.53. The van der Waals surface area contributed by atoms with Crippen molar-refractivity contribution in [1.29, 1.82) is 0 Å². The largest absolute Gasteiger partial charge is 0.320 e. The first-order chi connectivity index (χ1) is 9.62. The molecule has 0 aliphatic rings. The lowest BCUT2D eigenvalue weighted by Crippen LogP contribution is -2.23. The highest BCUT2D eigenvalue weighted by molar-refractivity contribution is 7.89. The lowest BCUT2D eigenvalue weighted by atomic mass is 10.1. The molecule has 0 radical (unpaired) electrons. The maximum atomic E-state index is 11.9. The van der Waals surface area contributed by atoms with E-state index in [1.54, 1.807) is 0 Å². The molecule has 6 nitrogen and oxygen atoms in total. The van der Waals surface area contributed by atoms with Gasteiger partial charge in [0.1, 0.15) is 0 Å². The van der Waals surface area contributed by atoms with E-state index in [0.29, 0.717) is 6.54 Å². The third-order valence-corrected chi connectivity index (χ3v) is 3.85. The van der Waals surface area contributed by atoms with Crippen LogP contribution in [-0.2, 0) is 16.6 Å². The van der Waals surface area contributed by atoms with Crippen molar-refractivity contribution < 1.29 is 8.42 Å². The van der Waals surface area contributed by atoms with E-state index in [0.717, 1.165) is 11.1 Å². The molecule has 0 amide bonds. The Morgan fingerprint density at radius 2 is 2.00 bits per heavy atom. The summed E-state index contributed by atoms with van der Waals surface area (Å²) in [7, 11) is -3.55. The van der Waals surface area contributed by atoms with Crippen LogP contribution in [0.5, 0.6) is 0 Å². The molecule has 104 valence electrons. The molecule has 0 aliphatic heterocycles. The molecule has 2 aromatic rings. The smallest absolute Gasteiger partial charge is 0.257 e. The predicted molar refractivity (Wildman–Crippen MR) is 75.0 cm³/mol. The van der Waals surface area contributed by atoms with E-state index in [9.17, 15) is 8.42 Å². The van der Waals surface area contributed by atoms with Crippen molar-refractivity contribution in [2.24, 2.45) is 5.73 Å². The number of benzene rings is 1. The van der Waals surface area contributed by atoms with E-state index < -0.39 is 10.0 Å². The van der Waals surface area contributed by atoms with Crippen LogP contribution in [0.2, 0.25) is 0 Å². The molecule has 4 N–H and O–H groups in total. The number of sulfonamides is 1. The number of aromatic nitrogens is 2. The first kappa shape index (κ1) is 14.3. The fraction of sp³-hybridized carbons (Fsp3) is 0.154. The molecule has 2 rings (SSSR count). The molecule has 0 bridgehead atoms. The average molecular weight is 290 g/mol. The molecule has 7 heteroatoms. The maximum absolute atomic E-state index is 11.9. The second kappa shape index (κ2) is 6.34. The van der Waals surface area contributed by atoms with Crippen molar-refractivity contribution in [3.05, 3.63) is 47.7 Å². The maximum Gasteiger partial charge on any atom is 0.257 e. The minimum Gasteiger partial charge on any atom is -0.320 e. The van der Waals surface area contributed by atoms with Crippen molar-refractivity contribution >= 4 is 10.0 Å². The minimum absolute atomic E-state index is 0.0444. The number of hydrogen-bond donors (Lipinski definition) is 3. The summed E-state index contributed by atoms with van der Waals surface area (Å²) in [6.45, 7) is 0.512. The summed E-state index contributed by atoms with van der Waals surface area (Å²) >= 11 is 0. The van der Waals surface area contributed by atoms with Gasteiger partial charge in [-0.2, -0.15) is 5.10 Å². The van der Waals surface area contributed by atoms with Crippen molar-refractivity contribution in [2.75, 3.05) is 6.54 Å². The van der Waals surface area contributed by atoms with Crippen LogP contribution in [0.25, 0.3) is 0 Å². The van der Waals surface area contributed by atoms with Gasteiger partial charge in [0.15, 0.2) is 5.03 Å². The predicted octanol–water partition coefficient (Wildman–Crippen LogP) is 0.198. The third-order valence-electron chi connectivity index (χ3n) is 2.52. The third kappa shape index (κ3) is 3.68. The topological polar surface area (TPSA) is 101 Å². The second-order valence-corrected chi connectivity index (χ2v) is 5.68. The molecule has 0 unspecified atom stereocenters. The molecule has 0 fully saturated rings. The number of H-pyrrole nitrogens is 1. The first-order valence-corrected chi connectivity index (χ1v) is 7.37. The number of rotatable bonds is 4. The normalized spacial score (nSPS) is 10.8. The van der Waals surface area contributed by atoms with E-state index in [-0.39, 0.29) is 11.6 Å². The fourth-order valence-corrected chi connectivity index (χ4v) is 2.43. The number of nitrogens with two attached hydrogens (primary N) is 1. The molecule has 0 atom stereocenters. The van der Waals surface area contributed by atoms with Crippen LogP contribution in [0.1, 0.15) is 11.1 Å². The summed E-state index contributed by atoms with van der Waals surface area (Å²) in [4.78, 5) is 0. The lowest BCUT2D eigenvalue weighted by Gasteiger charge is -2.04. The molecular weight excluding hydrogens is 276 g/mol. The van der Waals surface area contributed by atoms with Gasteiger partial charge in [0.2, 0.25) is 0 Å².